The summed E-state index contributed by atoms with van der Waals surface area (Å²) in [7, 11) is 0. The zero-order valence-corrected chi connectivity index (χ0v) is 11.2. The van der Waals surface area contributed by atoms with Crippen LogP contribution in [0.4, 0.5) is 0 Å². The van der Waals surface area contributed by atoms with E-state index in [1.165, 1.54) is 0 Å². The van der Waals surface area contributed by atoms with E-state index in [2.05, 4.69) is 10.3 Å². The molecule has 0 saturated heterocycles. The fourth-order valence-electron chi connectivity index (χ4n) is 2.26. The Morgan fingerprint density at radius 1 is 1.00 bits per heavy atom. The first-order chi connectivity index (χ1) is 9.84. The zero-order valence-electron chi connectivity index (χ0n) is 10.4. The van der Waals surface area contributed by atoms with E-state index >= 15 is 0 Å². The summed E-state index contributed by atoms with van der Waals surface area (Å²) >= 11 is 5.56. The minimum absolute atomic E-state index is 0.711. The number of benzene rings is 2. The van der Waals surface area contributed by atoms with Crippen LogP contribution in [0.25, 0.3) is 27.7 Å². The molecule has 0 spiro atoms. The number of fused-ring (bicyclic) bond motifs is 2. The molecule has 0 atom stereocenters. The third kappa shape index (κ3) is 1.57. The molecule has 5 heteroatoms. The fraction of sp³-hybridized carbons (Fsp3) is 0. The lowest BCUT2D eigenvalue weighted by Gasteiger charge is -2.04. The maximum Gasteiger partial charge on any atom is 0.135 e. The van der Waals surface area contributed by atoms with Gasteiger partial charge in [0, 0.05) is 5.39 Å². The molecule has 2 heterocycles. The van der Waals surface area contributed by atoms with E-state index in [0.29, 0.717) is 4.51 Å². The molecule has 0 aliphatic heterocycles. The summed E-state index contributed by atoms with van der Waals surface area (Å²) in [4.78, 5) is 0. The van der Waals surface area contributed by atoms with Gasteiger partial charge in [0.05, 0.1) is 10.0 Å². The van der Waals surface area contributed by atoms with Gasteiger partial charge in [-0.15, -0.1) is 5.10 Å². The smallest absolute Gasteiger partial charge is 0.135 e. The predicted molar refractivity (Wildman–Crippen MR) is 79.5 cm³/mol. The Balaban J connectivity index is 2.08. The van der Waals surface area contributed by atoms with Crippen molar-refractivity contribution in [3.8, 4) is 5.69 Å². The molecule has 0 aliphatic carbocycles. The number of hydrogen-bond acceptors (Lipinski definition) is 4. The van der Waals surface area contributed by atoms with Crippen molar-refractivity contribution in [2.75, 3.05) is 0 Å². The van der Waals surface area contributed by atoms with Crippen molar-refractivity contribution >= 4 is 34.2 Å². The molecule has 4 nitrogen and oxygen atoms in total. The van der Waals surface area contributed by atoms with E-state index in [4.69, 9.17) is 16.6 Å². The summed E-state index contributed by atoms with van der Waals surface area (Å²) in [5.74, 6) is 0. The van der Waals surface area contributed by atoms with E-state index in [1.54, 1.807) is 10.9 Å². The van der Waals surface area contributed by atoms with Crippen molar-refractivity contribution in [3.05, 3.63) is 59.3 Å². The van der Waals surface area contributed by atoms with Crippen LogP contribution in [0.1, 0.15) is 0 Å². The van der Waals surface area contributed by atoms with Crippen molar-refractivity contribution in [1.82, 2.24) is 15.0 Å². The summed E-state index contributed by atoms with van der Waals surface area (Å²) < 4.78 is 8.07. The van der Waals surface area contributed by atoms with Crippen LogP contribution in [0.3, 0.4) is 0 Å². The maximum absolute atomic E-state index is 5.64. The van der Waals surface area contributed by atoms with Crippen LogP contribution in [0, 0.1) is 4.51 Å². The SMILES string of the molecule is S=c1c(-n2nnc3ccccc32)coc2ccccc12. The van der Waals surface area contributed by atoms with Gasteiger partial charge in [-0.1, -0.05) is 41.7 Å². The normalized spacial score (nSPS) is 11.2. The van der Waals surface area contributed by atoms with Crippen molar-refractivity contribution in [1.29, 1.82) is 0 Å². The molecule has 0 N–H and O–H groups in total. The lowest BCUT2D eigenvalue weighted by molar-refractivity contribution is 0.594. The van der Waals surface area contributed by atoms with Crippen LogP contribution in [0.2, 0.25) is 0 Å². The molecule has 96 valence electrons. The monoisotopic (exact) mass is 279 g/mol. The molecule has 0 bridgehead atoms. The Morgan fingerprint density at radius 3 is 2.75 bits per heavy atom. The Kier molecular flexibility index (Phi) is 2.40. The predicted octanol–water partition coefficient (Wildman–Crippen LogP) is 3.90. The highest BCUT2D eigenvalue weighted by atomic mass is 32.1. The molecule has 0 amide bonds. The first-order valence-electron chi connectivity index (χ1n) is 6.16. The van der Waals surface area contributed by atoms with E-state index in [0.717, 1.165) is 27.7 Å². The topological polar surface area (TPSA) is 43.9 Å². The number of nitrogens with zero attached hydrogens (tertiary/aromatic N) is 3. The van der Waals surface area contributed by atoms with E-state index < -0.39 is 0 Å². The lowest BCUT2D eigenvalue weighted by Crippen LogP contribution is -1.97. The highest BCUT2D eigenvalue weighted by molar-refractivity contribution is 7.71. The van der Waals surface area contributed by atoms with Gasteiger partial charge in [-0.2, -0.15) is 0 Å². The number of aromatic nitrogens is 3. The highest BCUT2D eigenvalue weighted by Gasteiger charge is 2.10. The van der Waals surface area contributed by atoms with Crippen LogP contribution in [-0.2, 0) is 0 Å². The van der Waals surface area contributed by atoms with Crippen molar-refractivity contribution in [2.24, 2.45) is 0 Å². The van der Waals surface area contributed by atoms with Gasteiger partial charge in [-0.25, -0.2) is 4.68 Å². The summed E-state index contributed by atoms with van der Waals surface area (Å²) in [6, 6.07) is 15.5. The van der Waals surface area contributed by atoms with Gasteiger partial charge in [0.15, 0.2) is 0 Å². The van der Waals surface area contributed by atoms with Gasteiger partial charge in [-0.3, -0.25) is 0 Å². The lowest BCUT2D eigenvalue weighted by atomic mass is 10.2. The second-order valence-corrected chi connectivity index (χ2v) is 4.84. The average Bonchev–Trinajstić information content (AvgIpc) is 2.92. The number of rotatable bonds is 1. The highest BCUT2D eigenvalue weighted by Crippen LogP contribution is 2.23. The van der Waals surface area contributed by atoms with Crippen LogP contribution in [0.5, 0.6) is 0 Å². The van der Waals surface area contributed by atoms with Gasteiger partial charge < -0.3 is 4.42 Å². The quantitative estimate of drug-likeness (QED) is 0.496. The summed E-state index contributed by atoms with van der Waals surface area (Å²) in [5, 5.41) is 9.22. The number of hydrogen-bond donors (Lipinski definition) is 0. The van der Waals surface area contributed by atoms with Gasteiger partial charge in [0.1, 0.15) is 23.1 Å². The van der Waals surface area contributed by atoms with Crippen molar-refractivity contribution < 1.29 is 4.42 Å². The molecule has 4 rings (SSSR count). The molecule has 0 unspecified atom stereocenters. The van der Waals surface area contributed by atoms with E-state index in [1.807, 2.05) is 48.5 Å². The summed E-state index contributed by atoms with van der Waals surface area (Å²) in [6.45, 7) is 0. The first-order valence-corrected chi connectivity index (χ1v) is 6.57. The molecular formula is C15H9N3OS. The van der Waals surface area contributed by atoms with Crippen molar-refractivity contribution in [2.45, 2.75) is 0 Å². The second-order valence-electron chi connectivity index (χ2n) is 4.44. The summed E-state index contributed by atoms with van der Waals surface area (Å²) in [5.41, 5.74) is 3.23. The third-order valence-corrected chi connectivity index (χ3v) is 3.67. The molecule has 0 aliphatic rings. The van der Waals surface area contributed by atoms with Crippen molar-refractivity contribution in [3.63, 3.8) is 0 Å². The average molecular weight is 279 g/mol. The Labute approximate surface area is 119 Å². The first kappa shape index (κ1) is 11.3. The third-order valence-electron chi connectivity index (χ3n) is 3.24. The Bertz CT molecular complexity index is 987. The molecule has 0 saturated carbocycles. The van der Waals surface area contributed by atoms with Gasteiger partial charge in [0.2, 0.25) is 0 Å². The zero-order chi connectivity index (χ0) is 13.5. The van der Waals surface area contributed by atoms with E-state index in [9.17, 15) is 0 Å². The standard InChI is InChI=1S/C15H9N3OS/c20-15-10-5-1-4-8-14(10)19-9-13(15)18-12-7-3-2-6-11(12)16-17-18/h1-9H. The van der Waals surface area contributed by atoms with Crippen LogP contribution >= 0.6 is 12.2 Å². The molecule has 2 aromatic carbocycles. The minimum atomic E-state index is 0.711. The van der Waals surface area contributed by atoms with Gasteiger partial charge >= 0.3 is 0 Å². The molecule has 0 radical (unpaired) electrons. The molecule has 0 fully saturated rings. The van der Waals surface area contributed by atoms with Crippen LogP contribution in [0.15, 0.2) is 59.2 Å². The summed E-state index contributed by atoms with van der Waals surface area (Å²) in [6.07, 6.45) is 1.63. The molecule has 20 heavy (non-hydrogen) atoms. The van der Waals surface area contributed by atoms with Gasteiger partial charge in [0.25, 0.3) is 0 Å². The fourth-order valence-corrected chi connectivity index (χ4v) is 2.56. The molecule has 4 aromatic rings. The number of para-hydroxylation sites is 2. The van der Waals surface area contributed by atoms with Crippen LogP contribution < -0.4 is 0 Å². The van der Waals surface area contributed by atoms with Gasteiger partial charge in [-0.05, 0) is 24.3 Å². The Hall–Kier alpha value is -2.53. The van der Waals surface area contributed by atoms with Crippen LogP contribution in [-0.4, -0.2) is 15.0 Å². The molecule has 2 aromatic heterocycles. The minimum Gasteiger partial charge on any atom is -0.462 e. The largest absolute Gasteiger partial charge is 0.462 e. The Morgan fingerprint density at radius 2 is 1.80 bits per heavy atom. The second kappa shape index (κ2) is 4.25. The maximum atomic E-state index is 5.64. The van der Waals surface area contributed by atoms with E-state index in [-0.39, 0.29) is 0 Å². The molecular weight excluding hydrogens is 270 g/mol.